The van der Waals surface area contributed by atoms with Crippen LogP contribution in [0.3, 0.4) is 0 Å². The molecule has 0 aliphatic heterocycles. The van der Waals surface area contributed by atoms with Crippen molar-refractivity contribution in [2.75, 3.05) is 6.61 Å². The summed E-state index contributed by atoms with van der Waals surface area (Å²) in [6, 6.07) is 15.5. The molecule has 1 saturated carbocycles. The molecule has 26 heavy (non-hydrogen) atoms. The van der Waals surface area contributed by atoms with Crippen LogP contribution in [0.5, 0.6) is 0 Å². The van der Waals surface area contributed by atoms with Crippen LogP contribution in [0.1, 0.15) is 33.8 Å². The van der Waals surface area contributed by atoms with Crippen LogP contribution in [0.15, 0.2) is 48.5 Å². The van der Waals surface area contributed by atoms with Gasteiger partial charge in [0.1, 0.15) is 0 Å². The zero-order valence-electron chi connectivity index (χ0n) is 14.1. The highest BCUT2D eigenvalue weighted by molar-refractivity contribution is 7.18. The van der Waals surface area contributed by atoms with E-state index in [1.54, 1.807) is 23.5 Å². The highest BCUT2D eigenvalue weighted by Crippen LogP contribution is 2.25. The van der Waals surface area contributed by atoms with Crippen LogP contribution in [-0.4, -0.2) is 29.5 Å². The van der Waals surface area contributed by atoms with Crippen LogP contribution in [0.2, 0.25) is 0 Å². The van der Waals surface area contributed by atoms with Gasteiger partial charge < -0.3 is 10.1 Å². The molecule has 1 aromatic heterocycles. The largest absolute Gasteiger partial charge is 0.452 e. The van der Waals surface area contributed by atoms with Crippen molar-refractivity contribution in [3.63, 3.8) is 0 Å². The second-order valence-electron chi connectivity index (χ2n) is 6.33. The first kappa shape index (κ1) is 16.7. The Hall–Kier alpha value is -2.73. The predicted molar refractivity (Wildman–Crippen MR) is 100 cm³/mol. The van der Waals surface area contributed by atoms with Crippen molar-refractivity contribution in [3.8, 4) is 0 Å². The molecule has 2 aromatic carbocycles. The first-order valence-electron chi connectivity index (χ1n) is 8.58. The molecule has 1 aliphatic rings. The Bertz CT molecular complexity index is 929. The number of amides is 1. The number of aromatic nitrogens is 1. The third-order valence-electron chi connectivity index (χ3n) is 4.19. The first-order valence-corrected chi connectivity index (χ1v) is 9.39. The summed E-state index contributed by atoms with van der Waals surface area (Å²) in [5.41, 5.74) is 2.29. The van der Waals surface area contributed by atoms with E-state index in [9.17, 15) is 9.59 Å². The van der Waals surface area contributed by atoms with Crippen molar-refractivity contribution in [2.45, 2.75) is 25.3 Å². The maximum absolute atomic E-state index is 12.4. The van der Waals surface area contributed by atoms with Crippen LogP contribution in [0.25, 0.3) is 10.2 Å². The minimum absolute atomic E-state index is 0.245. The minimum Gasteiger partial charge on any atom is -0.452 e. The number of hydrogen-bond donors (Lipinski definition) is 1. The Morgan fingerprint density at radius 3 is 2.69 bits per heavy atom. The van der Waals surface area contributed by atoms with Gasteiger partial charge in [0.05, 0.1) is 20.8 Å². The second kappa shape index (κ2) is 7.25. The van der Waals surface area contributed by atoms with Crippen LogP contribution in [0, 0.1) is 0 Å². The molecule has 1 aliphatic carbocycles. The van der Waals surface area contributed by atoms with E-state index in [-0.39, 0.29) is 18.6 Å². The maximum Gasteiger partial charge on any atom is 0.338 e. The monoisotopic (exact) mass is 366 g/mol. The van der Waals surface area contributed by atoms with Gasteiger partial charge in [0.25, 0.3) is 5.91 Å². The third kappa shape index (κ3) is 3.91. The summed E-state index contributed by atoms with van der Waals surface area (Å²) in [4.78, 5) is 28.7. The van der Waals surface area contributed by atoms with Crippen LogP contribution < -0.4 is 5.32 Å². The first-order chi connectivity index (χ1) is 12.7. The molecule has 4 rings (SSSR count). The Labute approximate surface area is 155 Å². The third-order valence-corrected chi connectivity index (χ3v) is 5.23. The Kier molecular flexibility index (Phi) is 4.67. The summed E-state index contributed by atoms with van der Waals surface area (Å²) in [5.74, 6) is -0.725. The van der Waals surface area contributed by atoms with E-state index in [0.29, 0.717) is 12.0 Å². The molecule has 1 amide bonds. The van der Waals surface area contributed by atoms with Crippen LogP contribution in [-0.2, 0) is 16.0 Å². The van der Waals surface area contributed by atoms with Gasteiger partial charge in [-0.2, -0.15) is 0 Å². The SMILES string of the molecule is O=C(COC(=O)c1ccccc1Cc1nc2ccccc2s1)NC1CC1. The highest BCUT2D eigenvalue weighted by Gasteiger charge is 2.24. The molecule has 1 heterocycles. The lowest BCUT2D eigenvalue weighted by atomic mass is 10.1. The summed E-state index contributed by atoms with van der Waals surface area (Å²) in [6.45, 7) is -0.245. The van der Waals surface area contributed by atoms with Crippen molar-refractivity contribution < 1.29 is 14.3 Å². The van der Waals surface area contributed by atoms with Crippen molar-refractivity contribution in [1.82, 2.24) is 10.3 Å². The molecule has 0 bridgehead atoms. The molecular formula is C20H18N2O3S. The average molecular weight is 366 g/mol. The van der Waals surface area contributed by atoms with Gasteiger partial charge in [0, 0.05) is 12.5 Å². The molecule has 132 valence electrons. The normalized spacial score (nSPS) is 13.5. The fourth-order valence-corrected chi connectivity index (χ4v) is 3.73. The number of carbonyl (C=O) groups excluding carboxylic acids is 2. The summed E-state index contributed by atoms with van der Waals surface area (Å²) in [6.07, 6.45) is 2.56. The Morgan fingerprint density at radius 1 is 1.12 bits per heavy atom. The molecule has 0 unspecified atom stereocenters. The molecule has 1 N–H and O–H groups in total. The number of nitrogens with zero attached hydrogens (tertiary/aromatic N) is 1. The predicted octanol–water partition coefficient (Wildman–Crippen LogP) is 3.32. The smallest absolute Gasteiger partial charge is 0.338 e. The molecule has 5 nitrogen and oxygen atoms in total. The Balaban J connectivity index is 1.46. The summed E-state index contributed by atoms with van der Waals surface area (Å²) in [7, 11) is 0. The zero-order chi connectivity index (χ0) is 17.9. The van der Waals surface area contributed by atoms with Crippen LogP contribution in [0.4, 0.5) is 0 Å². The van der Waals surface area contributed by atoms with E-state index in [1.807, 2.05) is 36.4 Å². The number of rotatable bonds is 6. The van der Waals surface area contributed by atoms with Crippen LogP contribution >= 0.6 is 11.3 Å². The number of para-hydroxylation sites is 1. The topological polar surface area (TPSA) is 68.3 Å². The number of carbonyl (C=O) groups is 2. The number of fused-ring (bicyclic) bond motifs is 1. The summed E-state index contributed by atoms with van der Waals surface area (Å²) in [5, 5.41) is 3.75. The number of ether oxygens (including phenoxy) is 1. The molecule has 0 spiro atoms. The van der Waals surface area contributed by atoms with Gasteiger partial charge in [-0.05, 0) is 36.6 Å². The van der Waals surface area contributed by atoms with E-state index in [4.69, 9.17) is 4.74 Å². The maximum atomic E-state index is 12.4. The standard InChI is InChI=1S/C20H18N2O3S/c23-18(21-14-9-10-14)12-25-20(24)15-6-2-1-5-13(15)11-19-22-16-7-3-4-8-17(16)26-19/h1-8,14H,9-12H2,(H,21,23). The molecule has 6 heteroatoms. The molecule has 3 aromatic rings. The molecule has 0 radical (unpaired) electrons. The average Bonchev–Trinajstić information content (AvgIpc) is 3.36. The molecular weight excluding hydrogens is 348 g/mol. The van der Waals surface area contributed by atoms with Gasteiger partial charge in [-0.25, -0.2) is 9.78 Å². The van der Waals surface area contributed by atoms with E-state index in [0.717, 1.165) is 33.6 Å². The number of esters is 1. The van der Waals surface area contributed by atoms with Crippen molar-refractivity contribution >= 4 is 33.4 Å². The number of nitrogens with one attached hydrogen (secondary N) is 1. The number of benzene rings is 2. The lowest BCUT2D eigenvalue weighted by Gasteiger charge is -2.09. The van der Waals surface area contributed by atoms with Gasteiger partial charge in [-0.15, -0.1) is 11.3 Å². The number of thiazole rings is 1. The minimum atomic E-state index is -0.479. The van der Waals surface area contributed by atoms with E-state index in [1.165, 1.54) is 0 Å². The number of hydrogen-bond acceptors (Lipinski definition) is 5. The van der Waals surface area contributed by atoms with Gasteiger partial charge >= 0.3 is 5.97 Å². The fraction of sp³-hybridized carbons (Fsp3) is 0.250. The zero-order valence-corrected chi connectivity index (χ0v) is 14.9. The van der Waals surface area contributed by atoms with Gasteiger partial charge in [-0.3, -0.25) is 4.79 Å². The molecule has 0 saturated heterocycles. The van der Waals surface area contributed by atoms with Gasteiger partial charge in [0.2, 0.25) is 0 Å². The quantitative estimate of drug-likeness (QED) is 0.680. The fourth-order valence-electron chi connectivity index (χ4n) is 2.74. The van der Waals surface area contributed by atoms with Crippen molar-refractivity contribution in [3.05, 3.63) is 64.7 Å². The van der Waals surface area contributed by atoms with E-state index >= 15 is 0 Å². The Morgan fingerprint density at radius 2 is 1.88 bits per heavy atom. The van der Waals surface area contributed by atoms with E-state index in [2.05, 4.69) is 10.3 Å². The summed E-state index contributed by atoms with van der Waals surface area (Å²) >= 11 is 1.62. The van der Waals surface area contributed by atoms with Crippen molar-refractivity contribution in [2.24, 2.45) is 0 Å². The van der Waals surface area contributed by atoms with Gasteiger partial charge in [-0.1, -0.05) is 30.3 Å². The lowest BCUT2D eigenvalue weighted by molar-refractivity contribution is -0.124. The second-order valence-corrected chi connectivity index (χ2v) is 7.44. The molecule has 0 atom stereocenters. The lowest BCUT2D eigenvalue weighted by Crippen LogP contribution is -2.30. The van der Waals surface area contributed by atoms with Gasteiger partial charge in [0.15, 0.2) is 6.61 Å². The highest BCUT2D eigenvalue weighted by atomic mass is 32.1. The van der Waals surface area contributed by atoms with E-state index < -0.39 is 5.97 Å². The van der Waals surface area contributed by atoms with Crippen molar-refractivity contribution in [1.29, 1.82) is 0 Å². The summed E-state index contributed by atoms with van der Waals surface area (Å²) < 4.78 is 6.31. The molecule has 1 fully saturated rings.